The van der Waals surface area contributed by atoms with Gasteiger partial charge in [0.15, 0.2) is 5.11 Å². The molecule has 1 atom stereocenters. The Labute approximate surface area is 159 Å². The van der Waals surface area contributed by atoms with Crippen LogP contribution in [0.2, 0.25) is 0 Å². The molecule has 0 heterocycles. The molecule has 0 unspecified atom stereocenters. The quantitative estimate of drug-likeness (QED) is 0.577. The summed E-state index contributed by atoms with van der Waals surface area (Å²) in [5.74, 6) is -0.264. The van der Waals surface area contributed by atoms with E-state index in [1.807, 2.05) is 36.4 Å². The number of benzene rings is 3. The molecule has 4 heteroatoms. The SMILES string of the molecule is C[C@H](c1ccccc1)N(Cc1ccccc1)C(=S)Nc1ccc(F)cc1. The number of rotatable bonds is 5. The van der Waals surface area contributed by atoms with Crippen molar-refractivity contribution in [2.45, 2.75) is 19.5 Å². The minimum atomic E-state index is -0.264. The molecule has 0 saturated carbocycles. The van der Waals surface area contributed by atoms with Crippen LogP contribution in [0.4, 0.5) is 10.1 Å². The van der Waals surface area contributed by atoms with Gasteiger partial charge < -0.3 is 10.2 Å². The van der Waals surface area contributed by atoms with E-state index in [4.69, 9.17) is 12.2 Å². The fourth-order valence-electron chi connectivity index (χ4n) is 2.80. The zero-order valence-corrected chi connectivity index (χ0v) is 15.4. The van der Waals surface area contributed by atoms with Gasteiger partial charge in [0.25, 0.3) is 0 Å². The molecule has 0 amide bonds. The topological polar surface area (TPSA) is 15.3 Å². The molecule has 0 bridgehead atoms. The number of thiocarbonyl (C=S) groups is 1. The van der Waals surface area contributed by atoms with Crippen molar-refractivity contribution in [2.75, 3.05) is 5.32 Å². The Balaban J connectivity index is 1.83. The molecule has 26 heavy (non-hydrogen) atoms. The zero-order valence-electron chi connectivity index (χ0n) is 14.6. The van der Waals surface area contributed by atoms with Crippen LogP contribution in [0.3, 0.4) is 0 Å². The monoisotopic (exact) mass is 364 g/mol. The molecule has 0 saturated heterocycles. The maximum atomic E-state index is 13.1. The Hall–Kier alpha value is -2.72. The van der Waals surface area contributed by atoms with E-state index in [1.54, 1.807) is 12.1 Å². The second-order valence-electron chi connectivity index (χ2n) is 6.14. The first-order valence-corrected chi connectivity index (χ1v) is 8.96. The van der Waals surface area contributed by atoms with E-state index in [2.05, 4.69) is 41.4 Å². The predicted molar refractivity (Wildman–Crippen MR) is 109 cm³/mol. The molecule has 0 radical (unpaired) electrons. The second-order valence-corrected chi connectivity index (χ2v) is 6.52. The molecule has 3 rings (SSSR count). The van der Waals surface area contributed by atoms with Gasteiger partial charge >= 0.3 is 0 Å². The third kappa shape index (κ3) is 4.67. The Bertz CT molecular complexity index is 835. The van der Waals surface area contributed by atoms with Gasteiger partial charge in [-0.2, -0.15) is 0 Å². The lowest BCUT2D eigenvalue weighted by molar-refractivity contribution is 0.334. The molecule has 0 spiro atoms. The van der Waals surface area contributed by atoms with Crippen LogP contribution in [-0.4, -0.2) is 10.0 Å². The number of anilines is 1. The molecule has 1 N–H and O–H groups in total. The Morgan fingerprint density at radius 3 is 2.12 bits per heavy atom. The smallest absolute Gasteiger partial charge is 0.174 e. The molecule has 3 aromatic rings. The molecule has 0 aliphatic heterocycles. The summed E-state index contributed by atoms with van der Waals surface area (Å²) in [4.78, 5) is 2.14. The molecule has 0 fully saturated rings. The van der Waals surface area contributed by atoms with Crippen LogP contribution < -0.4 is 5.32 Å². The van der Waals surface area contributed by atoms with Gasteiger partial charge in [-0.1, -0.05) is 60.7 Å². The Morgan fingerprint density at radius 2 is 1.50 bits per heavy atom. The summed E-state index contributed by atoms with van der Waals surface area (Å²) in [6, 6.07) is 26.8. The first kappa shape index (κ1) is 18.1. The van der Waals surface area contributed by atoms with Gasteiger partial charge in [-0.15, -0.1) is 0 Å². The number of hydrogen-bond acceptors (Lipinski definition) is 1. The highest BCUT2D eigenvalue weighted by Gasteiger charge is 2.19. The lowest BCUT2D eigenvalue weighted by atomic mass is 10.1. The zero-order chi connectivity index (χ0) is 18.4. The molecular weight excluding hydrogens is 343 g/mol. The standard InChI is InChI=1S/C22H21FN2S/c1-17(19-10-6-3-7-11-19)25(16-18-8-4-2-5-9-18)22(26)24-21-14-12-20(23)13-15-21/h2-15,17H,16H2,1H3,(H,24,26)/t17-/m1/s1. The van der Waals surface area contributed by atoms with Gasteiger partial charge in [-0.3, -0.25) is 0 Å². The predicted octanol–water partition coefficient (Wildman–Crippen LogP) is 5.79. The first-order valence-electron chi connectivity index (χ1n) is 8.55. The van der Waals surface area contributed by atoms with Gasteiger partial charge in [0.05, 0.1) is 6.04 Å². The maximum absolute atomic E-state index is 13.1. The minimum Gasteiger partial charge on any atom is -0.338 e. The number of nitrogens with one attached hydrogen (secondary N) is 1. The highest BCUT2D eigenvalue weighted by Crippen LogP contribution is 2.24. The molecule has 0 aliphatic carbocycles. The fraction of sp³-hybridized carbons (Fsp3) is 0.136. The van der Waals surface area contributed by atoms with Crippen molar-refractivity contribution in [3.05, 3.63) is 102 Å². The van der Waals surface area contributed by atoms with E-state index in [1.165, 1.54) is 23.3 Å². The number of halogens is 1. The Kier molecular flexibility index (Phi) is 5.97. The van der Waals surface area contributed by atoms with Crippen LogP contribution in [0.1, 0.15) is 24.1 Å². The summed E-state index contributed by atoms with van der Waals surface area (Å²) in [7, 11) is 0. The van der Waals surface area contributed by atoms with E-state index < -0.39 is 0 Å². The molecule has 2 nitrogen and oxygen atoms in total. The van der Waals surface area contributed by atoms with E-state index in [0.29, 0.717) is 11.7 Å². The Morgan fingerprint density at radius 1 is 0.923 bits per heavy atom. The molecule has 132 valence electrons. The largest absolute Gasteiger partial charge is 0.338 e. The summed E-state index contributed by atoms with van der Waals surface area (Å²) in [5.41, 5.74) is 3.14. The van der Waals surface area contributed by atoms with Gasteiger partial charge in [-0.05, 0) is 54.5 Å². The van der Waals surface area contributed by atoms with E-state index in [0.717, 1.165) is 5.69 Å². The van der Waals surface area contributed by atoms with Crippen molar-refractivity contribution in [3.63, 3.8) is 0 Å². The van der Waals surface area contributed by atoms with Crippen molar-refractivity contribution < 1.29 is 4.39 Å². The molecule has 3 aromatic carbocycles. The van der Waals surface area contributed by atoms with Crippen molar-refractivity contribution in [1.29, 1.82) is 0 Å². The van der Waals surface area contributed by atoms with Crippen LogP contribution in [0, 0.1) is 5.82 Å². The summed E-state index contributed by atoms with van der Waals surface area (Å²) in [6.45, 7) is 2.82. The van der Waals surface area contributed by atoms with E-state index >= 15 is 0 Å². The van der Waals surface area contributed by atoms with Crippen molar-refractivity contribution in [1.82, 2.24) is 4.90 Å². The molecule has 0 aliphatic rings. The van der Waals surface area contributed by atoms with Crippen molar-refractivity contribution in [2.24, 2.45) is 0 Å². The summed E-state index contributed by atoms with van der Waals surface area (Å²) in [5, 5.41) is 3.84. The molecule has 0 aromatic heterocycles. The van der Waals surface area contributed by atoms with Gasteiger partial charge in [0.2, 0.25) is 0 Å². The van der Waals surface area contributed by atoms with Crippen LogP contribution in [-0.2, 0) is 6.54 Å². The third-order valence-corrected chi connectivity index (χ3v) is 4.64. The van der Waals surface area contributed by atoms with Crippen molar-refractivity contribution >= 4 is 23.0 Å². The van der Waals surface area contributed by atoms with Gasteiger partial charge in [0, 0.05) is 12.2 Å². The van der Waals surface area contributed by atoms with E-state index in [-0.39, 0.29) is 11.9 Å². The first-order chi connectivity index (χ1) is 12.6. The summed E-state index contributed by atoms with van der Waals surface area (Å²) in [6.07, 6.45) is 0. The number of nitrogens with zero attached hydrogens (tertiary/aromatic N) is 1. The van der Waals surface area contributed by atoms with Gasteiger partial charge in [-0.25, -0.2) is 4.39 Å². The van der Waals surface area contributed by atoms with E-state index in [9.17, 15) is 4.39 Å². The van der Waals surface area contributed by atoms with Crippen LogP contribution in [0.25, 0.3) is 0 Å². The van der Waals surface area contributed by atoms with Crippen LogP contribution >= 0.6 is 12.2 Å². The maximum Gasteiger partial charge on any atom is 0.174 e. The highest BCUT2D eigenvalue weighted by atomic mass is 32.1. The average Bonchev–Trinajstić information content (AvgIpc) is 2.69. The normalized spacial score (nSPS) is 11.6. The highest BCUT2D eigenvalue weighted by molar-refractivity contribution is 7.80. The van der Waals surface area contributed by atoms with Crippen LogP contribution in [0.15, 0.2) is 84.9 Å². The lowest BCUT2D eigenvalue weighted by Gasteiger charge is -2.32. The average molecular weight is 364 g/mol. The van der Waals surface area contributed by atoms with Gasteiger partial charge in [0.1, 0.15) is 5.82 Å². The van der Waals surface area contributed by atoms with Crippen molar-refractivity contribution in [3.8, 4) is 0 Å². The van der Waals surface area contributed by atoms with Crippen LogP contribution in [0.5, 0.6) is 0 Å². The molecular formula is C22H21FN2S. The lowest BCUT2D eigenvalue weighted by Crippen LogP contribution is -2.36. The summed E-state index contributed by atoms with van der Waals surface area (Å²) < 4.78 is 13.1. The number of hydrogen-bond donors (Lipinski definition) is 1. The third-order valence-electron chi connectivity index (χ3n) is 4.30. The summed E-state index contributed by atoms with van der Waals surface area (Å²) >= 11 is 5.69. The fourth-order valence-corrected chi connectivity index (χ4v) is 3.15. The minimum absolute atomic E-state index is 0.0943. The second kappa shape index (κ2) is 8.59.